The molecule has 1 saturated heterocycles. The van der Waals surface area contributed by atoms with Gasteiger partial charge in [0.2, 0.25) is 5.91 Å². The maximum absolute atomic E-state index is 13.1. The van der Waals surface area contributed by atoms with Gasteiger partial charge >= 0.3 is 5.97 Å². The standard InChI is InChI=1S/C21H32N2O5S/c1-5-28-21(25)16(2)22(11-6-13-26-3)15-19(24)23-12-14-29-20(23)17-7-9-18(27-4)10-8-17/h7-10,16,20H,5-6,11-15H2,1-4H3/t16-,20-/m1/s1. The molecule has 162 valence electrons. The average molecular weight is 425 g/mol. The van der Waals surface area contributed by atoms with Crippen molar-refractivity contribution in [2.24, 2.45) is 0 Å². The van der Waals surface area contributed by atoms with Crippen molar-refractivity contribution >= 4 is 23.6 Å². The molecule has 7 nitrogen and oxygen atoms in total. The molecule has 1 amide bonds. The predicted octanol–water partition coefficient (Wildman–Crippen LogP) is 2.56. The summed E-state index contributed by atoms with van der Waals surface area (Å²) in [5.41, 5.74) is 1.08. The minimum Gasteiger partial charge on any atom is -0.497 e. The number of hydrogen-bond acceptors (Lipinski definition) is 7. The van der Waals surface area contributed by atoms with E-state index in [2.05, 4.69) is 0 Å². The van der Waals surface area contributed by atoms with Crippen LogP contribution >= 0.6 is 11.8 Å². The molecule has 0 saturated carbocycles. The van der Waals surface area contributed by atoms with Gasteiger partial charge < -0.3 is 19.1 Å². The van der Waals surface area contributed by atoms with Crippen LogP contribution in [0.4, 0.5) is 0 Å². The molecule has 0 bridgehead atoms. The Morgan fingerprint density at radius 1 is 1.28 bits per heavy atom. The number of benzene rings is 1. The van der Waals surface area contributed by atoms with E-state index in [4.69, 9.17) is 14.2 Å². The Kier molecular flexibility index (Phi) is 9.76. The molecule has 8 heteroatoms. The number of carbonyl (C=O) groups excluding carboxylic acids is 2. The highest BCUT2D eigenvalue weighted by Gasteiger charge is 2.33. The van der Waals surface area contributed by atoms with E-state index in [1.807, 2.05) is 34.1 Å². The van der Waals surface area contributed by atoms with Crippen molar-refractivity contribution < 1.29 is 23.8 Å². The summed E-state index contributed by atoms with van der Waals surface area (Å²) in [5.74, 6) is 1.39. The van der Waals surface area contributed by atoms with Crippen molar-refractivity contribution in [2.45, 2.75) is 31.7 Å². The first-order valence-electron chi connectivity index (χ1n) is 9.96. The second kappa shape index (κ2) is 12.0. The molecule has 2 atom stereocenters. The number of methoxy groups -OCH3 is 2. The van der Waals surface area contributed by atoms with Crippen LogP contribution in [-0.2, 0) is 19.1 Å². The molecule has 0 aromatic heterocycles. The Balaban J connectivity index is 2.07. The van der Waals surface area contributed by atoms with Gasteiger partial charge in [0, 0.05) is 32.6 Å². The SMILES string of the molecule is CCOC(=O)[C@@H](C)N(CCCOC)CC(=O)N1CCS[C@@H]1c1ccc(OC)cc1. The van der Waals surface area contributed by atoms with Crippen LogP contribution in [0.15, 0.2) is 24.3 Å². The van der Waals surface area contributed by atoms with Gasteiger partial charge in [-0.05, 0) is 38.0 Å². The fraction of sp³-hybridized carbons (Fsp3) is 0.619. The molecular formula is C21H32N2O5S. The first-order valence-corrected chi connectivity index (χ1v) is 11.0. The zero-order valence-electron chi connectivity index (χ0n) is 17.8. The number of thioether (sulfide) groups is 1. The lowest BCUT2D eigenvalue weighted by molar-refractivity contribution is -0.150. The maximum Gasteiger partial charge on any atom is 0.323 e. The molecule has 0 unspecified atom stereocenters. The maximum atomic E-state index is 13.1. The van der Waals surface area contributed by atoms with E-state index >= 15 is 0 Å². The minimum atomic E-state index is -0.481. The van der Waals surface area contributed by atoms with Crippen LogP contribution < -0.4 is 4.74 Å². The van der Waals surface area contributed by atoms with Gasteiger partial charge in [0.05, 0.1) is 20.3 Å². The second-order valence-electron chi connectivity index (χ2n) is 6.83. The summed E-state index contributed by atoms with van der Waals surface area (Å²) in [6.45, 7) is 5.94. The van der Waals surface area contributed by atoms with Gasteiger partial charge in [-0.25, -0.2) is 0 Å². The van der Waals surface area contributed by atoms with Gasteiger partial charge in [0.1, 0.15) is 17.2 Å². The van der Waals surface area contributed by atoms with Gasteiger partial charge in [-0.15, -0.1) is 11.8 Å². The summed E-state index contributed by atoms with van der Waals surface area (Å²) >= 11 is 1.75. The summed E-state index contributed by atoms with van der Waals surface area (Å²) in [6, 6.07) is 7.35. The number of amides is 1. The molecule has 2 rings (SSSR count). The second-order valence-corrected chi connectivity index (χ2v) is 8.02. The molecule has 1 aliphatic heterocycles. The van der Waals surface area contributed by atoms with Crippen LogP contribution in [-0.4, -0.2) is 80.5 Å². The Hall–Kier alpha value is -1.77. The fourth-order valence-corrected chi connectivity index (χ4v) is 4.55. The average Bonchev–Trinajstić information content (AvgIpc) is 3.23. The quantitative estimate of drug-likeness (QED) is 0.399. The zero-order chi connectivity index (χ0) is 21.2. The third-order valence-electron chi connectivity index (χ3n) is 4.92. The first-order chi connectivity index (χ1) is 14.0. The number of hydrogen-bond donors (Lipinski definition) is 0. The van der Waals surface area contributed by atoms with Crippen LogP contribution in [0.1, 0.15) is 31.2 Å². The molecule has 1 aliphatic rings. The summed E-state index contributed by atoms with van der Waals surface area (Å²) in [7, 11) is 3.28. The third kappa shape index (κ3) is 6.62. The van der Waals surface area contributed by atoms with E-state index < -0.39 is 6.04 Å². The summed E-state index contributed by atoms with van der Waals surface area (Å²) in [5, 5.41) is -0.0212. The number of nitrogens with zero attached hydrogens (tertiary/aromatic N) is 2. The lowest BCUT2D eigenvalue weighted by atomic mass is 10.2. The predicted molar refractivity (Wildman–Crippen MR) is 114 cm³/mol. The fourth-order valence-electron chi connectivity index (χ4n) is 3.27. The molecule has 0 spiro atoms. The smallest absolute Gasteiger partial charge is 0.323 e. The van der Waals surface area contributed by atoms with E-state index in [0.29, 0.717) is 26.3 Å². The van der Waals surface area contributed by atoms with Crippen molar-refractivity contribution in [3.8, 4) is 5.75 Å². The van der Waals surface area contributed by atoms with Crippen LogP contribution in [0.2, 0.25) is 0 Å². The van der Waals surface area contributed by atoms with Crippen molar-refractivity contribution in [3.63, 3.8) is 0 Å². The highest BCUT2D eigenvalue weighted by atomic mass is 32.2. The molecule has 29 heavy (non-hydrogen) atoms. The van der Waals surface area contributed by atoms with E-state index in [-0.39, 0.29) is 23.8 Å². The normalized spacial score (nSPS) is 17.4. The van der Waals surface area contributed by atoms with E-state index in [1.54, 1.807) is 39.8 Å². The van der Waals surface area contributed by atoms with Crippen LogP contribution in [0, 0.1) is 0 Å². The molecule has 1 aromatic rings. The number of carbonyl (C=O) groups is 2. The van der Waals surface area contributed by atoms with Gasteiger partial charge in [-0.1, -0.05) is 12.1 Å². The van der Waals surface area contributed by atoms with Crippen molar-refractivity contribution in [2.75, 3.05) is 52.8 Å². The molecule has 1 fully saturated rings. The molecule has 0 aliphatic carbocycles. The largest absolute Gasteiger partial charge is 0.497 e. The minimum absolute atomic E-state index is 0.0179. The van der Waals surface area contributed by atoms with Crippen molar-refractivity contribution in [1.82, 2.24) is 9.80 Å². The number of rotatable bonds is 11. The Morgan fingerprint density at radius 2 is 2.00 bits per heavy atom. The zero-order valence-corrected chi connectivity index (χ0v) is 18.6. The lowest BCUT2D eigenvalue weighted by Crippen LogP contribution is -2.47. The van der Waals surface area contributed by atoms with E-state index in [1.165, 1.54) is 0 Å². The lowest BCUT2D eigenvalue weighted by Gasteiger charge is -2.31. The summed E-state index contributed by atoms with van der Waals surface area (Å²) in [6.07, 6.45) is 0.740. The Labute approximate surface area is 177 Å². The number of esters is 1. The van der Waals surface area contributed by atoms with Gasteiger partial charge in [0.25, 0.3) is 0 Å². The topological polar surface area (TPSA) is 68.3 Å². The first kappa shape index (κ1) is 23.5. The molecule has 1 heterocycles. The highest BCUT2D eigenvalue weighted by Crippen LogP contribution is 2.38. The van der Waals surface area contributed by atoms with Crippen LogP contribution in [0.3, 0.4) is 0 Å². The molecule has 0 radical (unpaired) electrons. The summed E-state index contributed by atoms with van der Waals surface area (Å²) < 4.78 is 15.5. The number of ether oxygens (including phenoxy) is 3. The Bertz CT molecular complexity index is 655. The van der Waals surface area contributed by atoms with Gasteiger partial charge in [-0.2, -0.15) is 0 Å². The van der Waals surface area contributed by atoms with Crippen LogP contribution in [0.25, 0.3) is 0 Å². The monoisotopic (exact) mass is 424 g/mol. The van der Waals surface area contributed by atoms with Crippen LogP contribution in [0.5, 0.6) is 5.75 Å². The van der Waals surface area contributed by atoms with E-state index in [9.17, 15) is 9.59 Å². The van der Waals surface area contributed by atoms with Gasteiger partial charge in [-0.3, -0.25) is 14.5 Å². The molecule has 0 N–H and O–H groups in total. The highest BCUT2D eigenvalue weighted by molar-refractivity contribution is 7.99. The molecular weight excluding hydrogens is 392 g/mol. The summed E-state index contributed by atoms with van der Waals surface area (Å²) in [4.78, 5) is 29.2. The van der Waals surface area contributed by atoms with Crippen molar-refractivity contribution in [1.29, 1.82) is 0 Å². The van der Waals surface area contributed by atoms with E-state index in [0.717, 1.165) is 23.5 Å². The van der Waals surface area contributed by atoms with Crippen molar-refractivity contribution in [3.05, 3.63) is 29.8 Å². The van der Waals surface area contributed by atoms with Gasteiger partial charge in [0.15, 0.2) is 0 Å². The Morgan fingerprint density at radius 3 is 2.62 bits per heavy atom. The molecule has 1 aromatic carbocycles. The third-order valence-corrected chi connectivity index (χ3v) is 6.18.